The van der Waals surface area contributed by atoms with Gasteiger partial charge in [0.25, 0.3) is 0 Å². The van der Waals surface area contributed by atoms with Gasteiger partial charge in [-0.05, 0) is 27.7 Å². The summed E-state index contributed by atoms with van der Waals surface area (Å²) in [6, 6.07) is 0.504. The number of morpholine rings is 1. The molecule has 1 heterocycles. The highest BCUT2D eigenvalue weighted by Crippen LogP contribution is 2.12. The first-order valence-electron chi connectivity index (χ1n) is 6.16. The van der Waals surface area contributed by atoms with Crippen molar-refractivity contribution in [2.75, 3.05) is 26.3 Å². The summed E-state index contributed by atoms with van der Waals surface area (Å²) in [5.41, 5.74) is 0. The van der Waals surface area contributed by atoms with Crippen LogP contribution in [0, 0.1) is 0 Å². The van der Waals surface area contributed by atoms with Gasteiger partial charge in [-0.2, -0.15) is 0 Å². The summed E-state index contributed by atoms with van der Waals surface area (Å²) in [4.78, 5) is 2.33. The number of aliphatic hydroxyl groups excluding tert-OH is 1. The summed E-state index contributed by atoms with van der Waals surface area (Å²) in [7, 11) is 0. The molecule has 0 saturated carbocycles. The number of hydrogen-bond acceptors (Lipinski definition) is 4. The second-order valence-electron chi connectivity index (χ2n) is 4.95. The third-order valence-corrected chi connectivity index (χ3v) is 2.88. The molecule has 0 aromatic carbocycles. The number of nitrogens with zero attached hydrogens (tertiary/aromatic N) is 1. The van der Waals surface area contributed by atoms with Gasteiger partial charge in [-0.15, -0.1) is 0 Å². The second-order valence-corrected chi connectivity index (χ2v) is 4.95. The maximum atomic E-state index is 9.95. The van der Waals surface area contributed by atoms with Gasteiger partial charge in [0.2, 0.25) is 0 Å². The lowest BCUT2D eigenvalue weighted by Crippen LogP contribution is -2.51. The average Bonchev–Trinajstić information content (AvgIpc) is 2.26. The van der Waals surface area contributed by atoms with Crippen molar-refractivity contribution in [2.45, 2.75) is 52.0 Å². The van der Waals surface area contributed by atoms with Gasteiger partial charge in [0.1, 0.15) is 6.10 Å². The average molecular weight is 231 g/mol. The Morgan fingerprint density at radius 3 is 2.62 bits per heavy atom. The fraction of sp³-hybridized carbons (Fsp3) is 1.00. The van der Waals surface area contributed by atoms with Gasteiger partial charge in [0.15, 0.2) is 0 Å². The van der Waals surface area contributed by atoms with E-state index in [2.05, 4.69) is 18.7 Å². The molecule has 0 amide bonds. The molecule has 0 aliphatic carbocycles. The van der Waals surface area contributed by atoms with E-state index in [-0.39, 0.29) is 12.2 Å². The Morgan fingerprint density at radius 2 is 2.06 bits per heavy atom. The van der Waals surface area contributed by atoms with E-state index < -0.39 is 6.10 Å². The molecule has 2 atom stereocenters. The molecule has 1 saturated heterocycles. The Balaban J connectivity index is 2.34. The largest absolute Gasteiger partial charge is 0.388 e. The molecule has 1 rings (SSSR count). The van der Waals surface area contributed by atoms with Crippen LogP contribution in [0.2, 0.25) is 0 Å². The van der Waals surface area contributed by atoms with E-state index in [9.17, 15) is 5.11 Å². The van der Waals surface area contributed by atoms with Crippen molar-refractivity contribution in [3.63, 3.8) is 0 Å². The normalized spacial score (nSPS) is 25.3. The Hall–Kier alpha value is -0.160. The molecule has 1 aliphatic rings. The van der Waals surface area contributed by atoms with Crippen molar-refractivity contribution in [2.24, 2.45) is 0 Å². The first-order chi connectivity index (χ1) is 7.50. The quantitative estimate of drug-likeness (QED) is 0.763. The molecule has 2 unspecified atom stereocenters. The van der Waals surface area contributed by atoms with E-state index in [1.165, 1.54) is 0 Å². The number of rotatable bonds is 5. The fourth-order valence-corrected chi connectivity index (χ4v) is 1.80. The van der Waals surface area contributed by atoms with E-state index in [4.69, 9.17) is 9.47 Å². The Morgan fingerprint density at radius 1 is 1.38 bits per heavy atom. The zero-order valence-corrected chi connectivity index (χ0v) is 10.8. The summed E-state index contributed by atoms with van der Waals surface area (Å²) >= 11 is 0. The highest BCUT2D eigenvalue weighted by molar-refractivity contribution is 4.79. The van der Waals surface area contributed by atoms with Crippen LogP contribution in [0.3, 0.4) is 0 Å². The zero-order valence-electron chi connectivity index (χ0n) is 10.8. The highest BCUT2D eigenvalue weighted by Gasteiger charge is 2.28. The molecule has 0 radical (unpaired) electrons. The molecule has 1 aliphatic heterocycles. The molecule has 4 heteroatoms. The predicted molar refractivity (Wildman–Crippen MR) is 63.5 cm³/mol. The first kappa shape index (κ1) is 13.9. The Kier molecular flexibility index (Phi) is 5.69. The minimum atomic E-state index is -0.524. The summed E-state index contributed by atoms with van der Waals surface area (Å²) in [5.74, 6) is 0. The molecule has 16 heavy (non-hydrogen) atoms. The second kappa shape index (κ2) is 6.55. The van der Waals surface area contributed by atoms with Crippen molar-refractivity contribution >= 4 is 0 Å². The van der Waals surface area contributed by atoms with Crippen LogP contribution in [0.4, 0.5) is 0 Å². The van der Waals surface area contributed by atoms with E-state index >= 15 is 0 Å². The molecule has 4 nitrogen and oxygen atoms in total. The molecule has 0 aromatic heterocycles. The van der Waals surface area contributed by atoms with E-state index in [1.807, 2.05) is 13.8 Å². The maximum absolute atomic E-state index is 9.95. The minimum absolute atomic E-state index is 0.116. The van der Waals surface area contributed by atoms with Crippen LogP contribution in [0.1, 0.15) is 27.7 Å². The topological polar surface area (TPSA) is 41.9 Å². The standard InChI is InChI=1S/C12H25NO3/c1-9(2)13-5-6-15-12(7-13)11(14)8-16-10(3)4/h9-12,14H,5-8H2,1-4H3. The Labute approximate surface area is 98.5 Å². The Bertz CT molecular complexity index is 197. The van der Waals surface area contributed by atoms with Gasteiger partial charge in [0, 0.05) is 19.1 Å². The number of ether oxygens (including phenoxy) is 2. The maximum Gasteiger partial charge on any atom is 0.105 e. The molecular formula is C12H25NO3. The molecule has 1 N–H and O–H groups in total. The lowest BCUT2D eigenvalue weighted by atomic mass is 10.1. The van der Waals surface area contributed by atoms with Crippen LogP contribution in [0.15, 0.2) is 0 Å². The first-order valence-corrected chi connectivity index (χ1v) is 6.16. The van der Waals surface area contributed by atoms with E-state index in [1.54, 1.807) is 0 Å². The van der Waals surface area contributed by atoms with Gasteiger partial charge in [-0.1, -0.05) is 0 Å². The highest BCUT2D eigenvalue weighted by atomic mass is 16.5. The van der Waals surface area contributed by atoms with Gasteiger partial charge < -0.3 is 14.6 Å². The van der Waals surface area contributed by atoms with Gasteiger partial charge in [-0.25, -0.2) is 0 Å². The van der Waals surface area contributed by atoms with Crippen LogP contribution in [-0.4, -0.2) is 60.7 Å². The van der Waals surface area contributed by atoms with Crippen LogP contribution < -0.4 is 0 Å². The van der Waals surface area contributed by atoms with Crippen molar-refractivity contribution in [3.05, 3.63) is 0 Å². The summed E-state index contributed by atoms with van der Waals surface area (Å²) in [6.45, 7) is 11.1. The number of hydrogen-bond donors (Lipinski definition) is 1. The van der Waals surface area contributed by atoms with Crippen LogP contribution in [0.25, 0.3) is 0 Å². The lowest BCUT2D eigenvalue weighted by molar-refractivity contribution is -0.119. The van der Waals surface area contributed by atoms with Crippen LogP contribution in [-0.2, 0) is 9.47 Å². The lowest BCUT2D eigenvalue weighted by Gasteiger charge is -2.37. The van der Waals surface area contributed by atoms with Gasteiger partial charge in [-0.3, -0.25) is 4.90 Å². The molecule has 1 fully saturated rings. The van der Waals surface area contributed by atoms with E-state index in [0.29, 0.717) is 19.3 Å². The van der Waals surface area contributed by atoms with Crippen molar-refractivity contribution in [1.29, 1.82) is 0 Å². The summed E-state index contributed by atoms with van der Waals surface area (Å²) in [6.07, 6.45) is -0.488. The van der Waals surface area contributed by atoms with Crippen molar-refractivity contribution < 1.29 is 14.6 Å². The fourth-order valence-electron chi connectivity index (χ4n) is 1.80. The van der Waals surface area contributed by atoms with Crippen LogP contribution >= 0.6 is 0 Å². The predicted octanol–water partition coefficient (Wildman–Crippen LogP) is 0.881. The molecular weight excluding hydrogens is 206 g/mol. The van der Waals surface area contributed by atoms with Gasteiger partial charge in [0.05, 0.1) is 25.4 Å². The van der Waals surface area contributed by atoms with Crippen LogP contribution in [0.5, 0.6) is 0 Å². The molecule has 0 bridgehead atoms. The van der Waals surface area contributed by atoms with Gasteiger partial charge >= 0.3 is 0 Å². The van der Waals surface area contributed by atoms with Crippen molar-refractivity contribution in [3.8, 4) is 0 Å². The molecule has 0 spiro atoms. The zero-order chi connectivity index (χ0) is 12.1. The molecule has 0 aromatic rings. The minimum Gasteiger partial charge on any atom is -0.388 e. The van der Waals surface area contributed by atoms with E-state index in [0.717, 1.165) is 13.1 Å². The van der Waals surface area contributed by atoms with Crippen molar-refractivity contribution in [1.82, 2.24) is 4.90 Å². The summed E-state index contributed by atoms with van der Waals surface area (Å²) in [5, 5.41) is 9.95. The summed E-state index contributed by atoms with van der Waals surface area (Å²) < 4.78 is 11.0. The third-order valence-electron chi connectivity index (χ3n) is 2.88. The number of aliphatic hydroxyl groups is 1. The smallest absolute Gasteiger partial charge is 0.105 e. The SMILES string of the molecule is CC(C)OCC(O)C1CN(C(C)C)CCO1. The molecule has 96 valence electrons. The monoisotopic (exact) mass is 231 g/mol. The third kappa shape index (κ3) is 4.37.